The predicted molar refractivity (Wildman–Crippen MR) is 99.1 cm³/mol. The molecule has 0 aliphatic heterocycles. The lowest BCUT2D eigenvalue weighted by atomic mass is 9.78. The molecule has 2 aromatic carbocycles. The van der Waals surface area contributed by atoms with Crippen LogP contribution in [0, 0.1) is 5.82 Å². The van der Waals surface area contributed by atoms with E-state index in [9.17, 15) is 23.9 Å². The first-order valence-corrected chi connectivity index (χ1v) is 8.44. The third kappa shape index (κ3) is 4.49. The lowest BCUT2D eigenvalue weighted by Gasteiger charge is -2.29. The van der Waals surface area contributed by atoms with E-state index in [0.29, 0.717) is 5.56 Å². The second-order valence-electron chi connectivity index (χ2n) is 6.17. The number of carbonyl (C=O) groups excluding carboxylic acids is 2. The van der Waals surface area contributed by atoms with Crippen molar-refractivity contribution >= 4 is 23.5 Å². The molecular formula is C20H21FN2O4. The number of amides is 2. The summed E-state index contributed by atoms with van der Waals surface area (Å²) >= 11 is 0. The highest BCUT2D eigenvalue weighted by molar-refractivity contribution is 5.97. The zero-order chi connectivity index (χ0) is 20.0. The van der Waals surface area contributed by atoms with Gasteiger partial charge in [0.05, 0.1) is 5.56 Å². The predicted octanol–water partition coefficient (Wildman–Crippen LogP) is 2.95. The first kappa shape index (κ1) is 20.1. The van der Waals surface area contributed by atoms with E-state index < -0.39 is 23.1 Å². The minimum Gasteiger partial charge on any atom is -0.481 e. The number of benzene rings is 2. The van der Waals surface area contributed by atoms with Gasteiger partial charge in [-0.3, -0.25) is 14.4 Å². The monoisotopic (exact) mass is 372 g/mol. The molecule has 2 amide bonds. The Balaban J connectivity index is 2.26. The number of hydrogen-bond donors (Lipinski definition) is 3. The van der Waals surface area contributed by atoms with Crippen LogP contribution in [0.4, 0.5) is 10.1 Å². The van der Waals surface area contributed by atoms with Crippen molar-refractivity contribution in [3.63, 3.8) is 0 Å². The Kier molecular flexibility index (Phi) is 6.28. The van der Waals surface area contributed by atoms with Crippen LogP contribution in [0.1, 0.15) is 36.2 Å². The van der Waals surface area contributed by atoms with Crippen LogP contribution in [0.25, 0.3) is 0 Å². The van der Waals surface area contributed by atoms with Crippen LogP contribution in [-0.4, -0.2) is 29.4 Å². The second-order valence-corrected chi connectivity index (χ2v) is 6.17. The number of aliphatic carboxylic acids is 1. The van der Waals surface area contributed by atoms with E-state index in [1.165, 1.54) is 19.1 Å². The van der Waals surface area contributed by atoms with Gasteiger partial charge in [-0.1, -0.05) is 37.3 Å². The van der Waals surface area contributed by atoms with Crippen molar-refractivity contribution in [2.45, 2.75) is 25.7 Å². The minimum atomic E-state index is -1.33. The van der Waals surface area contributed by atoms with Gasteiger partial charge in [0.2, 0.25) is 5.91 Å². The Hall–Kier alpha value is -3.22. The van der Waals surface area contributed by atoms with Crippen molar-refractivity contribution in [2.75, 3.05) is 11.9 Å². The van der Waals surface area contributed by atoms with Gasteiger partial charge >= 0.3 is 5.97 Å². The molecule has 0 radical (unpaired) electrons. The number of anilines is 1. The molecule has 0 spiro atoms. The van der Waals surface area contributed by atoms with E-state index in [0.717, 1.165) is 6.07 Å². The number of carboxylic acid groups (broad SMARTS) is 1. The lowest BCUT2D eigenvalue weighted by molar-refractivity contribution is -0.143. The van der Waals surface area contributed by atoms with Crippen molar-refractivity contribution in [3.05, 3.63) is 65.5 Å². The highest BCUT2D eigenvalue weighted by Crippen LogP contribution is 2.28. The van der Waals surface area contributed by atoms with Gasteiger partial charge in [-0.05, 0) is 30.2 Å². The maximum absolute atomic E-state index is 14.1. The van der Waals surface area contributed by atoms with Gasteiger partial charge in [0, 0.05) is 19.2 Å². The molecule has 3 N–H and O–H groups in total. The first-order chi connectivity index (χ1) is 12.8. The molecule has 0 heterocycles. The largest absolute Gasteiger partial charge is 0.481 e. The van der Waals surface area contributed by atoms with Crippen LogP contribution < -0.4 is 10.6 Å². The third-order valence-corrected chi connectivity index (χ3v) is 4.42. The van der Waals surface area contributed by atoms with Crippen molar-refractivity contribution in [1.82, 2.24) is 5.32 Å². The Morgan fingerprint density at radius 1 is 1.11 bits per heavy atom. The Bertz CT molecular complexity index is 854. The second kappa shape index (κ2) is 8.44. The molecule has 142 valence electrons. The fraction of sp³-hybridized carbons (Fsp3) is 0.250. The van der Waals surface area contributed by atoms with E-state index >= 15 is 0 Å². The number of carboxylic acids is 1. The molecule has 6 nitrogen and oxygen atoms in total. The molecule has 0 saturated heterocycles. The van der Waals surface area contributed by atoms with Crippen LogP contribution in [0.3, 0.4) is 0 Å². The first-order valence-electron chi connectivity index (χ1n) is 8.44. The normalized spacial score (nSPS) is 12.7. The Morgan fingerprint density at radius 2 is 1.78 bits per heavy atom. The molecule has 27 heavy (non-hydrogen) atoms. The van der Waals surface area contributed by atoms with Crippen molar-refractivity contribution < 1.29 is 23.9 Å². The van der Waals surface area contributed by atoms with E-state index in [2.05, 4.69) is 10.6 Å². The zero-order valence-electron chi connectivity index (χ0n) is 15.1. The maximum Gasteiger partial charge on any atom is 0.315 e. The lowest BCUT2D eigenvalue weighted by Crippen LogP contribution is -2.46. The Morgan fingerprint density at radius 3 is 2.33 bits per heavy atom. The van der Waals surface area contributed by atoms with Crippen molar-refractivity contribution in [3.8, 4) is 0 Å². The summed E-state index contributed by atoms with van der Waals surface area (Å²) in [5.41, 5.74) is -0.780. The van der Waals surface area contributed by atoms with Gasteiger partial charge in [-0.25, -0.2) is 4.39 Å². The third-order valence-electron chi connectivity index (χ3n) is 4.42. The minimum absolute atomic E-state index is 0.203. The van der Waals surface area contributed by atoms with E-state index in [4.69, 9.17) is 0 Å². The van der Waals surface area contributed by atoms with Crippen LogP contribution in [0.5, 0.6) is 0 Å². The summed E-state index contributed by atoms with van der Waals surface area (Å²) in [6.07, 6.45) is 0.237. The van der Waals surface area contributed by atoms with Crippen LogP contribution in [0.2, 0.25) is 0 Å². The molecule has 0 bridgehead atoms. The molecule has 2 aromatic rings. The number of nitrogens with one attached hydrogen (secondary N) is 2. The maximum atomic E-state index is 14.1. The molecule has 0 fully saturated rings. The summed E-state index contributed by atoms with van der Waals surface area (Å²) in [5.74, 6) is -2.95. The van der Waals surface area contributed by atoms with Gasteiger partial charge in [0.15, 0.2) is 0 Å². The van der Waals surface area contributed by atoms with Gasteiger partial charge < -0.3 is 15.7 Å². The van der Waals surface area contributed by atoms with E-state index in [1.807, 2.05) is 0 Å². The van der Waals surface area contributed by atoms with Crippen molar-refractivity contribution in [2.24, 2.45) is 0 Å². The number of hydrogen-bond acceptors (Lipinski definition) is 3. The Labute approximate surface area is 156 Å². The molecule has 7 heteroatoms. The average Bonchev–Trinajstić information content (AvgIpc) is 2.64. The molecule has 1 atom stereocenters. The zero-order valence-corrected chi connectivity index (χ0v) is 15.1. The van der Waals surface area contributed by atoms with Gasteiger partial charge in [0.1, 0.15) is 11.2 Å². The highest BCUT2D eigenvalue weighted by atomic mass is 19.1. The fourth-order valence-electron chi connectivity index (χ4n) is 2.85. The fourth-order valence-corrected chi connectivity index (χ4v) is 2.85. The highest BCUT2D eigenvalue weighted by Gasteiger charge is 2.39. The number of halogens is 1. The topological polar surface area (TPSA) is 95.5 Å². The summed E-state index contributed by atoms with van der Waals surface area (Å²) in [6.45, 7) is 2.81. The van der Waals surface area contributed by atoms with Crippen LogP contribution in [-0.2, 0) is 15.0 Å². The van der Waals surface area contributed by atoms with Gasteiger partial charge in [0.25, 0.3) is 5.91 Å². The summed E-state index contributed by atoms with van der Waals surface area (Å²) in [7, 11) is 0. The van der Waals surface area contributed by atoms with Gasteiger partial charge in [-0.15, -0.1) is 0 Å². The smallest absolute Gasteiger partial charge is 0.315 e. The molecular weight excluding hydrogens is 351 g/mol. The molecule has 0 aliphatic carbocycles. The summed E-state index contributed by atoms with van der Waals surface area (Å²) in [5, 5.41) is 14.8. The standard InChI is InChI=1S/C20H21FN2O4/c1-3-20(19(26)27,14-7-5-4-6-8-14)12-22-18(25)16-11-15(23-13(2)24)9-10-17(16)21/h4-11H,3,12H2,1-2H3,(H,22,25)(H,23,24)(H,26,27). The number of carbonyl (C=O) groups is 3. The van der Waals surface area contributed by atoms with Crippen LogP contribution in [0.15, 0.2) is 48.5 Å². The molecule has 1 unspecified atom stereocenters. The van der Waals surface area contributed by atoms with E-state index in [1.54, 1.807) is 37.3 Å². The molecule has 0 aliphatic rings. The quantitative estimate of drug-likeness (QED) is 0.696. The summed E-state index contributed by atoms with van der Waals surface area (Å²) in [6, 6.07) is 12.2. The van der Waals surface area contributed by atoms with E-state index in [-0.39, 0.29) is 30.1 Å². The summed E-state index contributed by atoms with van der Waals surface area (Å²) in [4.78, 5) is 35.6. The van der Waals surface area contributed by atoms with Crippen molar-refractivity contribution in [1.29, 1.82) is 0 Å². The average molecular weight is 372 g/mol. The van der Waals surface area contributed by atoms with Gasteiger partial charge in [-0.2, -0.15) is 0 Å². The molecule has 0 aromatic heterocycles. The van der Waals surface area contributed by atoms with Crippen LogP contribution >= 0.6 is 0 Å². The SMILES string of the molecule is CCC(CNC(=O)c1cc(NC(C)=O)ccc1F)(C(=O)O)c1ccccc1. The molecule has 2 rings (SSSR count). The molecule has 0 saturated carbocycles. The number of rotatable bonds is 7. The summed E-state index contributed by atoms with van der Waals surface area (Å²) < 4.78 is 14.1.